The lowest BCUT2D eigenvalue weighted by Gasteiger charge is -2.26. The van der Waals surface area contributed by atoms with Gasteiger partial charge in [0.1, 0.15) is 10.3 Å². The zero-order valence-electron chi connectivity index (χ0n) is 9.70. The van der Waals surface area contributed by atoms with Crippen molar-refractivity contribution in [3.63, 3.8) is 0 Å². The molecule has 0 saturated carbocycles. The lowest BCUT2D eigenvalue weighted by Crippen LogP contribution is -2.29. The standard InChI is InChI=1S/C13H12Cl2N2S/c14-12-2-1-10(13(15)16-12)8-17-5-3-11-9(7-17)4-6-18-11/h1-2,4,6H,3,5,7-8H2. The van der Waals surface area contributed by atoms with E-state index in [2.05, 4.69) is 21.3 Å². The van der Waals surface area contributed by atoms with Crippen LogP contribution in [-0.2, 0) is 19.5 Å². The summed E-state index contributed by atoms with van der Waals surface area (Å²) >= 11 is 13.8. The van der Waals surface area contributed by atoms with Gasteiger partial charge in [-0.2, -0.15) is 0 Å². The van der Waals surface area contributed by atoms with E-state index >= 15 is 0 Å². The Balaban J connectivity index is 1.74. The molecule has 1 aliphatic rings. The predicted octanol–water partition coefficient (Wildman–Crippen LogP) is 4.01. The van der Waals surface area contributed by atoms with Crippen molar-refractivity contribution in [2.45, 2.75) is 19.5 Å². The number of pyridine rings is 1. The molecule has 0 spiro atoms. The Labute approximate surface area is 120 Å². The van der Waals surface area contributed by atoms with Gasteiger partial charge in [-0.05, 0) is 29.5 Å². The molecule has 0 bridgehead atoms. The van der Waals surface area contributed by atoms with Crippen LogP contribution in [0.2, 0.25) is 10.3 Å². The van der Waals surface area contributed by atoms with E-state index in [0.29, 0.717) is 10.3 Å². The summed E-state index contributed by atoms with van der Waals surface area (Å²) in [5.74, 6) is 0. The SMILES string of the molecule is Clc1ccc(CN2CCc3sccc3C2)c(Cl)n1. The van der Waals surface area contributed by atoms with E-state index in [1.165, 1.54) is 10.4 Å². The summed E-state index contributed by atoms with van der Waals surface area (Å²) in [5.41, 5.74) is 2.49. The minimum Gasteiger partial charge on any atom is -0.294 e. The topological polar surface area (TPSA) is 16.1 Å². The number of halogens is 2. The second kappa shape index (κ2) is 5.17. The third-order valence-corrected chi connectivity index (χ3v) is 4.73. The van der Waals surface area contributed by atoms with Crippen molar-refractivity contribution in [1.82, 2.24) is 9.88 Å². The molecule has 0 fully saturated rings. The number of fused-ring (bicyclic) bond motifs is 1. The summed E-state index contributed by atoms with van der Waals surface area (Å²) in [5, 5.41) is 3.13. The monoisotopic (exact) mass is 298 g/mol. The molecule has 3 heterocycles. The summed E-state index contributed by atoms with van der Waals surface area (Å²) < 4.78 is 0. The third-order valence-electron chi connectivity index (χ3n) is 3.17. The second-order valence-electron chi connectivity index (χ2n) is 4.41. The molecule has 0 aromatic carbocycles. The number of rotatable bonds is 2. The molecule has 94 valence electrons. The van der Waals surface area contributed by atoms with E-state index in [-0.39, 0.29) is 0 Å². The molecule has 0 radical (unpaired) electrons. The van der Waals surface area contributed by atoms with Gasteiger partial charge < -0.3 is 0 Å². The van der Waals surface area contributed by atoms with Crippen molar-refractivity contribution >= 4 is 34.5 Å². The van der Waals surface area contributed by atoms with Gasteiger partial charge in [-0.15, -0.1) is 11.3 Å². The van der Waals surface area contributed by atoms with Gasteiger partial charge in [-0.1, -0.05) is 29.3 Å². The quantitative estimate of drug-likeness (QED) is 0.779. The molecular weight excluding hydrogens is 287 g/mol. The molecular formula is C13H12Cl2N2S. The molecule has 3 rings (SSSR count). The van der Waals surface area contributed by atoms with E-state index in [4.69, 9.17) is 23.2 Å². The van der Waals surface area contributed by atoms with E-state index in [1.54, 1.807) is 6.07 Å². The van der Waals surface area contributed by atoms with Crippen molar-refractivity contribution in [3.8, 4) is 0 Å². The Morgan fingerprint density at radius 2 is 2.17 bits per heavy atom. The van der Waals surface area contributed by atoms with Gasteiger partial charge in [0.25, 0.3) is 0 Å². The van der Waals surface area contributed by atoms with Crippen molar-refractivity contribution in [3.05, 3.63) is 49.9 Å². The van der Waals surface area contributed by atoms with E-state index in [1.807, 2.05) is 17.4 Å². The highest BCUT2D eigenvalue weighted by atomic mass is 35.5. The van der Waals surface area contributed by atoms with Gasteiger partial charge >= 0.3 is 0 Å². The van der Waals surface area contributed by atoms with E-state index < -0.39 is 0 Å². The molecule has 1 aliphatic heterocycles. The maximum absolute atomic E-state index is 6.11. The number of hydrogen-bond acceptors (Lipinski definition) is 3. The van der Waals surface area contributed by atoms with Crippen molar-refractivity contribution in [2.75, 3.05) is 6.54 Å². The first-order chi connectivity index (χ1) is 8.72. The van der Waals surface area contributed by atoms with Crippen molar-refractivity contribution in [2.24, 2.45) is 0 Å². The number of hydrogen-bond donors (Lipinski definition) is 0. The molecule has 0 atom stereocenters. The largest absolute Gasteiger partial charge is 0.294 e. The molecule has 0 saturated heterocycles. The maximum atomic E-state index is 6.11. The average Bonchev–Trinajstić information content (AvgIpc) is 2.80. The first-order valence-electron chi connectivity index (χ1n) is 5.81. The molecule has 2 aromatic rings. The predicted molar refractivity (Wildman–Crippen MR) is 76.4 cm³/mol. The van der Waals surface area contributed by atoms with Crippen molar-refractivity contribution < 1.29 is 0 Å². The smallest absolute Gasteiger partial charge is 0.135 e. The lowest BCUT2D eigenvalue weighted by molar-refractivity contribution is 0.247. The Bertz CT molecular complexity index is 568. The highest BCUT2D eigenvalue weighted by Crippen LogP contribution is 2.26. The first kappa shape index (κ1) is 12.4. The summed E-state index contributed by atoms with van der Waals surface area (Å²) in [6.07, 6.45) is 1.13. The van der Waals surface area contributed by atoms with Crippen LogP contribution in [0.25, 0.3) is 0 Å². The number of nitrogens with zero attached hydrogens (tertiary/aromatic N) is 2. The third kappa shape index (κ3) is 2.54. The van der Waals surface area contributed by atoms with Gasteiger partial charge in [0.2, 0.25) is 0 Å². The normalized spacial score (nSPS) is 15.7. The van der Waals surface area contributed by atoms with Crippen molar-refractivity contribution in [1.29, 1.82) is 0 Å². The zero-order valence-corrected chi connectivity index (χ0v) is 12.0. The second-order valence-corrected chi connectivity index (χ2v) is 6.16. The van der Waals surface area contributed by atoms with E-state index in [0.717, 1.165) is 31.6 Å². The minimum absolute atomic E-state index is 0.447. The van der Waals surface area contributed by atoms with Crippen LogP contribution in [0.15, 0.2) is 23.6 Å². The highest BCUT2D eigenvalue weighted by molar-refractivity contribution is 7.10. The molecule has 0 unspecified atom stereocenters. The summed E-state index contributed by atoms with van der Waals surface area (Å²) in [6.45, 7) is 2.91. The molecule has 18 heavy (non-hydrogen) atoms. The van der Waals surface area contributed by atoms with Crippen LogP contribution in [-0.4, -0.2) is 16.4 Å². The van der Waals surface area contributed by atoms with Crippen LogP contribution in [0.1, 0.15) is 16.0 Å². The minimum atomic E-state index is 0.447. The molecule has 2 aromatic heterocycles. The fourth-order valence-electron chi connectivity index (χ4n) is 2.24. The lowest BCUT2D eigenvalue weighted by atomic mass is 10.1. The molecule has 2 nitrogen and oxygen atoms in total. The molecule has 0 amide bonds. The van der Waals surface area contributed by atoms with Crippen LogP contribution in [0.3, 0.4) is 0 Å². The average molecular weight is 299 g/mol. The highest BCUT2D eigenvalue weighted by Gasteiger charge is 2.18. The van der Waals surface area contributed by atoms with Gasteiger partial charge in [0.05, 0.1) is 0 Å². The Hall–Kier alpha value is -0.610. The summed E-state index contributed by atoms with van der Waals surface area (Å²) in [7, 11) is 0. The van der Waals surface area contributed by atoms with Crippen LogP contribution >= 0.6 is 34.5 Å². The van der Waals surface area contributed by atoms with Crippen LogP contribution in [0.4, 0.5) is 0 Å². The van der Waals surface area contributed by atoms with Gasteiger partial charge in [-0.3, -0.25) is 4.90 Å². The first-order valence-corrected chi connectivity index (χ1v) is 7.44. The van der Waals surface area contributed by atoms with Crippen LogP contribution < -0.4 is 0 Å². The number of aromatic nitrogens is 1. The Morgan fingerprint density at radius 1 is 1.28 bits per heavy atom. The molecule has 5 heteroatoms. The zero-order chi connectivity index (χ0) is 12.5. The fraction of sp³-hybridized carbons (Fsp3) is 0.308. The fourth-order valence-corrected chi connectivity index (χ4v) is 3.54. The van der Waals surface area contributed by atoms with Gasteiger partial charge in [-0.25, -0.2) is 4.98 Å². The molecule has 0 N–H and O–H groups in total. The summed E-state index contributed by atoms with van der Waals surface area (Å²) in [4.78, 5) is 7.99. The molecule has 0 aliphatic carbocycles. The van der Waals surface area contributed by atoms with Gasteiger partial charge in [0.15, 0.2) is 0 Å². The maximum Gasteiger partial charge on any atom is 0.135 e. The number of thiophene rings is 1. The van der Waals surface area contributed by atoms with E-state index in [9.17, 15) is 0 Å². The van der Waals surface area contributed by atoms with Crippen LogP contribution in [0.5, 0.6) is 0 Å². The van der Waals surface area contributed by atoms with Crippen LogP contribution in [0, 0.1) is 0 Å². The Kier molecular flexibility index (Phi) is 3.57. The summed E-state index contributed by atoms with van der Waals surface area (Å²) in [6, 6.07) is 5.97. The Morgan fingerprint density at radius 3 is 3.00 bits per heavy atom. The van der Waals surface area contributed by atoms with Gasteiger partial charge in [0, 0.05) is 30.1 Å².